The Balaban J connectivity index is 1.84. The number of primary sulfonamides is 1. The quantitative estimate of drug-likeness (QED) is 0.700. The van der Waals surface area contributed by atoms with Crippen molar-refractivity contribution in [3.8, 4) is 0 Å². The average Bonchev–Trinajstić information content (AvgIpc) is 2.89. The van der Waals surface area contributed by atoms with Gasteiger partial charge >= 0.3 is 0 Å². The molecule has 0 aliphatic rings. The molecule has 7 heteroatoms. The summed E-state index contributed by atoms with van der Waals surface area (Å²) in [5, 5.41) is 4.71. The summed E-state index contributed by atoms with van der Waals surface area (Å²) in [5.41, 5.74) is 2.67. The number of thiazole rings is 1. The number of thioether (sulfide) groups is 1. The Morgan fingerprint density at radius 2 is 2.00 bits per heavy atom. The summed E-state index contributed by atoms with van der Waals surface area (Å²) in [7, 11) is -3.68. The van der Waals surface area contributed by atoms with Gasteiger partial charge in [-0.15, -0.1) is 11.3 Å². The molecule has 120 valence electrons. The second-order valence-corrected chi connectivity index (χ2v) is 9.30. The molecule has 3 aromatic rings. The summed E-state index contributed by atoms with van der Waals surface area (Å²) in [6.45, 7) is 1.93. The van der Waals surface area contributed by atoms with E-state index in [0.29, 0.717) is 5.75 Å². The summed E-state index contributed by atoms with van der Waals surface area (Å²) >= 11 is 2.99. The van der Waals surface area contributed by atoms with Gasteiger partial charge in [0, 0.05) is 5.75 Å². The predicted octanol–water partition coefficient (Wildman–Crippen LogP) is 3.73. The molecule has 2 N–H and O–H groups in total. The van der Waals surface area contributed by atoms with Crippen molar-refractivity contribution in [2.75, 3.05) is 5.75 Å². The number of hydrogen-bond donors (Lipinski definition) is 1. The number of aromatic nitrogens is 1. The van der Waals surface area contributed by atoms with Crippen molar-refractivity contribution in [2.24, 2.45) is 5.14 Å². The van der Waals surface area contributed by atoms with Gasteiger partial charge in [0.1, 0.15) is 5.25 Å². The minimum atomic E-state index is -3.68. The molecular formula is C16H16N2O2S3. The third-order valence-corrected chi connectivity index (χ3v) is 7.16. The van der Waals surface area contributed by atoms with E-state index in [-0.39, 0.29) is 0 Å². The lowest BCUT2D eigenvalue weighted by Gasteiger charge is -2.14. The molecule has 2 aromatic carbocycles. The van der Waals surface area contributed by atoms with Crippen LogP contribution in [0.15, 0.2) is 52.9 Å². The molecule has 0 amide bonds. The highest BCUT2D eigenvalue weighted by molar-refractivity contribution is 8.02. The fourth-order valence-electron chi connectivity index (χ4n) is 2.31. The lowest BCUT2D eigenvalue weighted by Crippen LogP contribution is -2.23. The number of fused-ring (bicyclic) bond motifs is 1. The standard InChI is InChI=1S/C16H16N2O2S3/c1-11-5-4-6-12(9-11)15(23(17,19)20)10-21-16-18-13-7-2-3-8-14(13)22-16/h2-9,15H,10H2,1H3,(H2,17,19,20). The Morgan fingerprint density at radius 3 is 2.70 bits per heavy atom. The molecule has 1 unspecified atom stereocenters. The van der Waals surface area contributed by atoms with Crippen molar-refractivity contribution in [1.82, 2.24) is 4.98 Å². The van der Waals surface area contributed by atoms with Gasteiger partial charge in [-0.3, -0.25) is 0 Å². The van der Waals surface area contributed by atoms with Crippen LogP contribution >= 0.6 is 23.1 Å². The zero-order chi connectivity index (χ0) is 16.4. The van der Waals surface area contributed by atoms with Crippen LogP contribution in [0.25, 0.3) is 10.2 Å². The lowest BCUT2D eigenvalue weighted by molar-refractivity contribution is 0.588. The van der Waals surface area contributed by atoms with Crippen LogP contribution in [0.4, 0.5) is 0 Å². The van der Waals surface area contributed by atoms with E-state index in [4.69, 9.17) is 5.14 Å². The molecule has 23 heavy (non-hydrogen) atoms. The Hall–Kier alpha value is -1.41. The van der Waals surface area contributed by atoms with Crippen LogP contribution in [0, 0.1) is 6.92 Å². The first-order valence-electron chi connectivity index (χ1n) is 7.00. The Bertz CT molecular complexity index is 902. The van der Waals surface area contributed by atoms with Crippen LogP contribution in [0.1, 0.15) is 16.4 Å². The fourth-order valence-corrected chi connectivity index (χ4v) is 5.86. The van der Waals surface area contributed by atoms with Crippen LogP contribution in [0.2, 0.25) is 0 Å². The summed E-state index contributed by atoms with van der Waals surface area (Å²) in [5.74, 6) is 0.349. The largest absolute Gasteiger partial charge is 0.230 e. The second kappa shape index (κ2) is 6.60. The number of benzene rings is 2. The third kappa shape index (κ3) is 3.92. The first-order chi connectivity index (χ1) is 10.9. The van der Waals surface area contributed by atoms with E-state index in [1.54, 1.807) is 17.4 Å². The van der Waals surface area contributed by atoms with Crippen molar-refractivity contribution >= 4 is 43.3 Å². The van der Waals surface area contributed by atoms with Crippen LogP contribution in [-0.2, 0) is 10.0 Å². The highest BCUT2D eigenvalue weighted by Gasteiger charge is 2.24. The van der Waals surface area contributed by atoms with Crippen LogP contribution in [0.3, 0.4) is 0 Å². The van der Waals surface area contributed by atoms with Crippen molar-refractivity contribution in [3.05, 3.63) is 59.7 Å². The third-order valence-electron chi connectivity index (χ3n) is 3.44. The summed E-state index contributed by atoms with van der Waals surface area (Å²) in [6.07, 6.45) is 0. The van der Waals surface area contributed by atoms with E-state index in [0.717, 1.165) is 25.7 Å². The smallest absolute Gasteiger partial charge is 0.216 e. The van der Waals surface area contributed by atoms with E-state index in [2.05, 4.69) is 4.98 Å². The van der Waals surface area contributed by atoms with Gasteiger partial charge < -0.3 is 0 Å². The Labute approximate surface area is 143 Å². The van der Waals surface area contributed by atoms with Gasteiger partial charge in [0.15, 0.2) is 4.34 Å². The molecule has 3 rings (SSSR count). The van der Waals surface area contributed by atoms with E-state index in [9.17, 15) is 8.42 Å². The predicted molar refractivity (Wildman–Crippen MR) is 97.4 cm³/mol. The van der Waals surface area contributed by atoms with Gasteiger partial charge in [-0.1, -0.05) is 53.7 Å². The monoisotopic (exact) mass is 364 g/mol. The Kier molecular flexibility index (Phi) is 4.72. The SMILES string of the molecule is Cc1cccc(C(CSc2nc3ccccc3s2)S(N)(=O)=O)c1. The second-order valence-electron chi connectivity index (χ2n) is 5.25. The van der Waals surface area contributed by atoms with Crippen molar-refractivity contribution in [3.63, 3.8) is 0 Å². The molecule has 0 spiro atoms. The minimum Gasteiger partial charge on any atom is -0.230 e. The van der Waals surface area contributed by atoms with Gasteiger partial charge in [0.25, 0.3) is 0 Å². The maximum absolute atomic E-state index is 12.0. The normalized spacial score (nSPS) is 13.3. The zero-order valence-corrected chi connectivity index (χ0v) is 14.9. The molecule has 0 radical (unpaired) electrons. The molecule has 0 fully saturated rings. The van der Waals surface area contributed by atoms with Crippen LogP contribution in [0.5, 0.6) is 0 Å². The number of aryl methyl sites for hydroxylation is 1. The number of nitrogens with zero attached hydrogens (tertiary/aromatic N) is 1. The van der Waals surface area contributed by atoms with E-state index in [1.807, 2.05) is 49.4 Å². The zero-order valence-electron chi connectivity index (χ0n) is 12.5. The molecule has 0 aliphatic carbocycles. The molecule has 1 atom stereocenters. The Morgan fingerprint density at radius 1 is 1.22 bits per heavy atom. The van der Waals surface area contributed by atoms with Gasteiger partial charge in [-0.2, -0.15) is 0 Å². The number of para-hydroxylation sites is 1. The summed E-state index contributed by atoms with van der Waals surface area (Å²) < 4.78 is 25.9. The molecule has 1 aromatic heterocycles. The van der Waals surface area contributed by atoms with E-state index in [1.165, 1.54) is 11.8 Å². The number of rotatable bonds is 5. The topological polar surface area (TPSA) is 73.0 Å². The molecule has 0 aliphatic heterocycles. The maximum atomic E-state index is 12.0. The molecule has 0 bridgehead atoms. The van der Waals surface area contributed by atoms with E-state index >= 15 is 0 Å². The number of hydrogen-bond acceptors (Lipinski definition) is 5. The van der Waals surface area contributed by atoms with Gasteiger partial charge in [0.05, 0.1) is 10.2 Å². The summed E-state index contributed by atoms with van der Waals surface area (Å²) in [4.78, 5) is 4.52. The number of sulfonamides is 1. The van der Waals surface area contributed by atoms with Crippen LogP contribution < -0.4 is 5.14 Å². The first kappa shape index (κ1) is 16.4. The minimum absolute atomic E-state index is 0.349. The molecule has 4 nitrogen and oxygen atoms in total. The van der Waals surface area contributed by atoms with E-state index < -0.39 is 15.3 Å². The highest BCUT2D eigenvalue weighted by atomic mass is 32.2. The fraction of sp³-hybridized carbons (Fsp3) is 0.188. The highest BCUT2D eigenvalue weighted by Crippen LogP contribution is 2.34. The molecule has 0 saturated carbocycles. The molecule has 0 saturated heterocycles. The lowest BCUT2D eigenvalue weighted by atomic mass is 10.1. The van der Waals surface area contributed by atoms with Gasteiger partial charge in [-0.25, -0.2) is 18.5 Å². The molecular weight excluding hydrogens is 348 g/mol. The van der Waals surface area contributed by atoms with Gasteiger partial charge in [0.2, 0.25) is 10.0 Å². The van der Waals surface area contributed by atoms with Crippen molar-refractivity contribution in [1.29, 1.82) is 0 Å². The van der Waals surface area contributed by atoms with Crippen LogP contribution in [-0.4, -0.2) is 19.2 Å². The van der Waals surface area contributed by atoms with Crippen molar-refractivity contribution < 1.29 is 8.42 Å². The van der Waals surface area contributed by atoms with Crippen molar-refractivity contribution in [2.45, 2.75) is 16.5 Å². The average molecular weight is 365 g/mol. The summed E-state index contributed by atoms with van der Waals surface area (Å²) in [6, 6.07) is 15.3. The number of nitrogens with two attached hydrogens (primary N) is 1. The molecule has 1 heterocycles. The van der Waals surface area contributed by atoms with Gasteiger partial charge in [-0.05, 0) is 24.6 Å². The first-order valence-corrected chi connectivity index (χ1v) is 10.4. The maximum Gasteiger partial charge on any atom is 0.216 e.